The SMILES string of the molecule is CCN(Cc1ccc2c(c1)OCCO2)C(=O)c1scnc1C. The van der Waals surface area contributed by atoms with Crippen LogP contribution in [0.15, 0.2) is 23.7 Å². The van der Waals surface area contributed by atoms with Gasteiger partial charge in [-0.1, -0.05) is 6.07 Å². The lowest BCUT2D eigenvalue weighted by Crippen LogP contribution is -2.30. The molecule has 2 heterocycles. The fraction of sp³-hybridized carbons (Fsp3) is 0.375. The largest absolute Gasteiger partial charge is 0.486 e. The van der Waals surface area contributed by atoms with E-state index in [0.717, 1.165) is 22.8 Å². The van der Waals surface area contributed by atoms with Crippen molar-refractivity contribution >= 4 is 17.2 Å². The highest BCUT2D eigenvalue weighted by molar-refractivity contribution is 7.11. The van der Waals surface area contributed by atoms with Crippen LogP contribution in [0.3, 0.4) is 0 Å². The first-order valence-corrected chi connectivity index (χ1v) is 8.15. The number of fused-ring (bicyclic) bond motifs is 1. The Morgan fingerprint density at radius 3 is 2.77 bits per heavy atom. The summed E-state index contributed by atoms with van der Waals surface area (Å²) in [5.41, 5.74) is 3.53. The molecule has 0 atom stereocenters. The highest BCUT2D eigenvalue weighted by Gasteiger charge is 2.19. The molecule has 0 aliphatic carbocycles. The summed E-state index contributed by atoms with van der Waals surface area (Å²) in [7, 11) is 0. The van der Waals surface area contributed by atoms with E-state index in [-0.39, 0.29) is 5.91 Å². The fourth-order valence-corrected chi connectivity index (χ4v) is 3.15. The molecule has 5 nitrogen and oxygen atoms in total. The number of carbonyl (C=O) groups excluding carboxylic acids is 1. The van der Waals surface area contributed by atoms with Crippen molar-refractivity contribution in [3.05, 3.63) is 39.8 Å². The third kappa shape index (κ3) is 2.92. The van der Waals surface area contributed by atoms with Crippen LogP contribution in [-0.4, -0.2) is 35.5 Å². The number of hydrogen-bond donors (Lipinski definition) is 0. The number of nitrogens with zero attached hydrogens (tertiary/aromatic N) is 2. The number of aryl methyl sites for hydroxylation is 1. The predicted octanol–water partition coefficient (Wildman–Crippen LogP) is 2.89. The second-order valence-corrected chi connectivity index (χ2v) is 5.92. The van der Waals surface area contributed by atoms with Crippen LogP contribution in [0.1, 0.15) is 27.9 Å². The lowest BCUT2D eigenvalue weighted by atomic mass is 10.1. The Hall–Kier alpha value is -2.08. The van der Waals surface area contributed by atoms with Crippen LogP contribution in [0.5, 0.6) is 11.5 Å². The Kier molecular flexibility index (Phi) is 4.29. The van der Waals surface area contributed by atoms with Gasteiger partial charge in [-0.2, -0.15) is 0 Å². The molecule has 6 heteroatoms. The Labute approximate surface area is 133 Å². The number of amides is 1. The third-order valence-electron chi connectivity index (χ3n) is 3.59. The van der Waals surface area contributed by atoms with Gasteiger partial charge >= 0.3 is 0 Å². The Balaban J connectivity index is 1.78. The lowest BCUT2D eigenvalue weighted by Gasteiger charge is -2.23. The maximum Gasteiger partial charge on any atom is 0.266 e. The molecule has 1 aliphatic heterocycles. The molecular weight excluding hydrogens is 300 g/mol. The quantitative estimate of drug-likeness (QED) is 0.870. The summed E-state index contributed by atoms with van der Waals surface area (Å²) in [5, 5.41) is 0. The summed E-state index contributed by atoms with van der Waals surface area (Å²) >= 11 is 1.39. The van der Waals surface area contributed by atoms with Crippen molar-refractivity contribution in [2.24, 2.45) is 0 Å². The second kappa shape index (κ2) is 6.36. The molecule has 1 amide bonds. The van der Waals surface area contributed by atoms with Crippen molar-refractivity contribution < 1.29 is 14.3 Å². The van der Waals surface area contributed by atoms with E-state index in [1.165, 1.54) is 11.3 Å². The van der Waals surface area contributed by atoms with Crippen molar-refractivity contribution in [3.63, 3.8) is 0 Å². The van der Waals surface area contributed by atoms with Gasteiger partial charge in [-0.25, -0.2) is 4.98 Å². The number of carbonyl (C=O) groups is 1. The van der Waals surface area contributed by atoms with Crippen molar-refractivity contribution in [1.29, 1.82) is 0 Å². The van der Waals surface area contributed by atoms with Crippen molar-refractivity contribution in [1.82, 2.24) is 9.88 Å². The summed E-state index contributed by atoms with van der Waals surface area (Å²) in [4.78, 5) is 19.3. The molecule has 116 valence electrons. The van der Waals surface area contributed by atoms with Crippen LogP contribution < -0.4 is 9.47 Å². The zero-order valence-corrected chi connectivity index (χ0v) is 13.5. The first-order valence-electron chi connectivity index (χ1n) is 7.27. The molecule has 0 spiro atoms. The summed E-state index contributed by atoms with van der Waals surface area (Å²) < 4.78 is 11.1. The van der Waals surface area contributed by atoms with Gasteiger partial charge in [0.1, 0.15) is 18.1 Å². The maximum absolute atomic E-state index is 12.6. The summed E-state index contributed by atoms with van der Waals surface area (Å²) in [6.07, 6.45) is 0. The van der Waals surface area contributed by atoms with E-state index in [1.54, 1.807) is 5.51 Å². The molecule has 1 aromatic carbocycles. The topological polar surface area (TPSA) is 51.7 Å². The van der Waals surface area contributed by atoms with Gasteiger partial charge in [-0.15, -0.1) is 11.3 Å². The van der Waals surface area contributed by atoms with E-state index in [1.807, 2.05) is 36.9 Å². The Morgan fingerprint density at radius 2 is 2.09 bits per heavy atom. The van der Waals surface area contributed by atoms with Gasteiger partial charge in [0.05, 0.1) is 11.2 Å². The minimum absolute atomic E-state index is 0.0254. The van der Waals surface area contributed by atoms with Gasteiger partial charge in [0.15, 0.2) is 11.5 Å². The Morgan fingerprint density at radius 1 is 1.32 bits per heavy atom. The summed E-state index contributed by atoms with van der Waals surface area (Å²) in [6.45, 7) is 6.17. The highest BCUT2D eigenvalue weighted by Crippen LogP contribution is 2.31. The first-order chi connectivity index (χ1) is 10.7. The van der Waals surface area contributed by atoms with E-state index in [9.17, 15) is 4.79 Å². The van der Waals surface area contributed by atoms with Crippen LogP contribution >= 0.6 is 11.3 Å². The standard InChI is InChI=1S/C16H18N2O3S/c1-3-18(16(19)15-11(2)17-10-22-15)9-12-4-5-13-14(8-12)21-7-6-20-13/h4-5,8,10H,3,6-7,9H2,1-2H3. The number of rotatable bonds is 4. The lowest BCUT2D eigenvalue weighted by molar-refractivity contribution is 0.0756. The van der Waals surface area contributed by atoms with Crippen LogP contribution in [0, 0.1) is 6.92 Å². The van der Waals surface area contributed by atoms with Crippen LogP contribution in [-0.2, 0) is 6.54 Å². The van der Waals surface area contributed by atoms with Gasteiger partial charge in [0.2, 0.25) is 0 Å². The highest BCUT2D eigenvalue weighted by atomic mass is 32.1. The first kappa shape index (κ1) is 14.8. The average Bonchev–Trinajstić information content (AvgIpc) is 2.98. The number of aromatic nitrogens is 1. The molecule has 0 bridgehead atoms. The molecule has 0 saturated heterocycles. The molecule has 0 unspecified atom stereocenters. The van der Waals surface area contributed by atoms with Crippen LogP contribution in [0.25, 0.3) is 0 Å². The maximum atomic E-state index is 12.6. The number of ether oxygens (including phenoxy) is 2. The van der Waals surface area contributed by atoms with Gasteiger partial charge in [0, 0.05) is 13.1 Å². The molecule has 1 aliphatic rings. The molecule has 0 fully saturated rings. The third-order valence-corrected chi connectivity index (χ3v) is 4.51. The zero-order valence-electron chi connectivity index (χ0n) is 12.7. The molecule has 3 rings (SSSR count). The number of benzene rings is 1. The molecule has 0 saturated carbocycles. The zero-order chi connectivity index (χ0) is 15.5. The molecule has 1 aromatic heterocycles. The van der Waals surface area contributed by atoms with Crippen molar-refractivity contribution in [2.45, 2.75) is 20.4 Å². The van der Waals surface area contributed by atoms with Crippen LogP contribution in [0.4, 0.5) is 0 Å². The van der Waals surface area contributed by atoms with Gasteiger partial charge in [0.25, 0.3) is 5.91 Å². The molecular formula is C16H18N2O3S. The Bertz CT molecular complexity index is 684. The van der Waals surface area contributed by atoms with E-state index in [4.69, 9.17) is 9.47 Å². The average molecular weight is 318 g/mol. The predicted molar refractivity (Wildman–Crippen MR) is 84.7 cm³/mol. The van der Waals surface area contributed by atoms with E-state index < -0.39 is 0 Å². The van der Waals surface area contributed by atoms with E-state index in [2.05, 4.69) is 4.98 Å². The van der Waals surface area contributed by atoms with Crippen molar-refractivity contribution in [2.75, 3.05) is 19.8 Å². The van der Waals surface area contributed by atoms with Crippen molar-refractivity contribution in [3.8, 4) is 11.5 Å². The summed E-state index contributed by atoms with van der Waals surface area (Å²) in [5.74, 6) is 1.54. The number of thiazole rings is 1. The number of hydrogen-bond acceptors (Lipinski definition) is 5. The minimum atomic E-state index is 0.0254. The minimum Gasteiger partial charge on any atom is -0.486 e. The second-order valence-electron chi connectivity index (χ2n) is 5.06. The van der Waals surface area contributed by atoms with Gasteiger partial charge < -0.3 is 14.4 Å². The van der Waals surface area contributed by atoms with Gasteiger partial charge in [-0.3, -0.25) is 4.79 Å². The molecule has 22 heavy (non-hydrogen) atoms. The van der Waals surface area contributed by atoms with Gasteiger partial charge in [-0.05, 0) is 31.5 Å². The molecule has 0 N–H and O–H groups in total. The molecule has 2 aromatic rings. The molecule has 0 radical (unpaired) electrons. The van der Waals surface area contributed by atoms with E-state index in [0.29, 0.717) is 31.2 Å². The smallest absolute Gasteiger partial charge is 0.266 e. The normalized spacial score (nSPS) is 13.0. The fourth-order valence-electron chi connectivity index (χ4n) is 2.38. The van der Waals surface area contributed by atoms with Crippen LogP contribution in [0.2, 0.25) is 0 Å². The monoisotopic (exact) mass is 318 g/mol. The summed E-state index contributed by atoms with van der Waals surface area (Å²) in [6, 6.07) is 5.83. The van der Waals surface area contributed by atoms with E-state index >= 15 is 0 Å².